The molecule has 0 aliphatic rings. The summed E-state index contributed by atoms with van der Waals surface area (Å²) < 4.78 is 12.0. The van der Waals surface area contributed by atoms with Gasteiger partial charge in [0.25, 0.3) is 5.56 Å². The van der Waals surface area contributed by atoms with Crippen LogP contribution in [0.15, 0.2) is 16.9 Å². The van der Waals surface area contributed by atoms with Gasteiger partial charge in [0.05, 0.1) is 17.6 Å². The summed E-state index contributed by atoms with van der Waals surface area (Å²) in [7, 11) is 3.31. The molecule has 0 atom stereocenters. The zero-order chi connectivity index (χ0) is 15.6. The summed E-state index contributed by atoms with van der Waals surface area (Å²) in [5.41, 5.74) is 2.26. The van der Waals surface area contributed by atoms with Crippen molar-refractivity contribution in [2.24, 2.45) is 7.05 Å². The van der Waals surface area contributed by atoms with Crippen LogP contribution in [0.1, 0.15) is 25.3 Å². The Morgan fingerprint density at radius 1 is 1.33 bits per heavy atom. The number of fused-ring (bicyclic) bond motifs is 1. The maximum absolute atomic E-state index is 12.1. The van der Waals surface area contributed by atoms with Gasteiger partial charge < -0.3 is 14.0 Å². The predicted octanol–water partition coefficient (Wildman–Crippen LogP) is 2.74. The topological polar surface area (TPSA) is 53.4 Å². The first kappa shape index (κ1) is 15.8. The first-order chi connectivity index (χ1) is 9.95. The second-order valence-electron chi connectivity index (χ2n) is 5.14. The lowest BCUT2D eigenvalue weighted by molar-refractivity contribution is 0.146. The number of nitrogens with zero attached hydrogens (tertiary/aromatic N) is 2. The molecule has 2 aromatic rings. The number of hydrogen-bond acceptors (Lipinski definition) is 4. The van der Waals surface area contributed by atoms with Crippen LogP contribution >= 0.6 is 11.6 Å². The minimum atomic E-state index is -0.0711. The van der Waals surface area contributed by atoms with Gasteiger partial charge in [0.2, 0.25) is 0 Å². The first-order valence-electron chi connectivity index (χ1n) is 6.77. The van der Waals surface area contributed by atoms with Gasteiger partial charge in [0.15, 0.2) is 10.9 Å². The number of ether oxygens (including phenoxy) is 2. The third kappa shape index (κ3) is 3.19. The molecule has 0 bridgehead atoms. The van der Waals surface area contributed by atoms with Crippen LogP contribution in [0.25, 0.3) is 11.0 Å². The molecule has 0 aliphatic carbocycles. The normalized spacial score (nSPS) is 11.3. The van der Waals surface area contributed by atoms with Crippen molar-refractivity contribution in [3.8, 4) is 5.75 Å². The van der Waals surface area contributed by atoms with Crippen LogP contribution in [0, 0.1) is 0 Å². The highest BCUT2D eigenvalue weighted by Gasteiger charge is 2.15. The summed E-state index contributed by atoms with van der Waals surface area (Å²) in [4.78, 5) is 16.5. The Bertz CT molecular complexity index is 710. The first-order valence-corrected chi connectivity index (χ1v) is 7.15. The largest absolute Gasteiger partial charge is 0.488 e. The fraction of sp³-hybridized carbons (Fsp3) is 0.467. The Labute approximate surface area is 128 Å². The number of aryl methyl sites for hydroxylation is 1. The minimum Gasteiger partial charge on any atom is -0.488 e. The Balaban J connectivity index is 2.61. The van der Waals surface area contributed by atoms with Gasteiger partial charge in [-0.25, -0.2) is 4.98 Å². The van der Waals surface area contributed by atoms with Crippen LogP contribution in [-0.2, 0) is 11.8 Å². The SMILES string of the molecule is COCCOc1cc2c(nc1Cl)c(C(C)C)cc(=O)n2C. The van der Waals surface area contributed by atoms with E-state index in [1.807, 2.05) is 13.8 Å². The van der Waals surface area contributed by atoms with Gasteiger partial charge in [0.1, 0.15) is 6.61 Å². The average Bonchev–Trinajstić information content (AvgIpc) is 2.44. The number of rotatable bonds is 5. The highest BCUT2D eigenvalue weighted by molar-refractivity contribution is 6.31. The van der Waals surface area contributed by atoms with Crippen LogP contribution in [-0.4, -0.2) is 29.9 Å². The van der Waals surface area contributed by atoms with Crippen molar-refractivity contribution in [1.82, 2.24) is 9.55 Å². The van der Waals surface area contributed by atoms with Gasteiger partial charge in [-0.2, -0.15) is 0 Å². The van der Waals surface area contributed by atoms with Gasteiger partial charge in [0, 0.05) is 26.3 Å². The van der Waals surface area contributed by atoms with Crippen molar-refractivity contribution in [2.45, 2.75) is 19.8 Å². The van der Waals surface area contributed by atoms with E-state index in [1.54, 1.807) is 30.9 Å². The predicted molar refractivity (Wildman–Crippen MR) is 83.5 cm³/mol. The van der Waals surface area contributed by atoms with Crippen molar-refractivity contribution in [3.63, 3.8) is 0 Å². The summed E-state index contributed by atoms with van der Waals surface area (Å²) in [6.45, 7) is 4.88. The lowest BCUT2D eigenvalue weighted by Crippen LogP contribution is -2.18. The smallest absolute Gasteiger partial charge is 0.251 e. The molecule has 0 aliphatic heterocycles. The van der Waals surface area contributed by atoms with E-state index in [0.717, 1.165) is 11.1 Å². The van der Waals surface area contributed by atoms with Crippen molar-refractivity contribution in [2.75, 3.05) is 20.3 Å². The summed E-state index contributed by atoms with van der Waals surface area (Å²) in [6, 6.07) is 3.37. The van der Waals surface area contributed by atoms with E-state index >= 15 is 0 Å². The molecule has 0 N–H and O–H groups in total. The molecule has 6 heteroatoms. The number of halogens is 1. The molecule has 2 rings (SSSR count). The third-order valence-electron chi connectivity index (χ3n) is 3.34. The Hall–Kier alpha value is -1.59. The molecule has 0 aromatic carbocycles. The van der Waals surface area contributed by atoms with Crippen LogP contribution in [0.2, 0.25) is 5.15 Å². The molecule has 0 saturated carbocycles. The van der Waals surface area contributed by atoms with Crippen molar-refractivity contribution >= 4 is 22.6 Å². The Kier molecular flexibility index (Phi) is 4.85. The van der Waals surface area contributed by atoms with Gasteiger partial charge >= 0.3 is 0 Å². The van der Waals surface area contributed by atoms with Crippen molar-refractivity contribution in [3.05, 3.63) is 33.2 Å². The van der Waals surface area contributed by atoms with Gasteiger partial charge in [-0.3, -0.25) is 4.79 Å². The highest BCUT2D eigenvalue weighted by atomic mass is 35.5. The van der Waals surface area contributed by atoms with E-state index in [1.165, 1.54) is 0 Å². The van der Waals surface area contributed by atoms with Crippen LogP contribution in [0.4, 0.5) is 0 Å². The van der Waals surface area contributed by atoms with E-state index < -0.39 is 0 Å². The Morgan fingerprint density at radius 2 is 2.05 bits per heavy atom. The molecule has 0 radical (unpaired) electrons. The zero-order valence-electron chi connectivity index (χ0n) is 12.6. The fourth-order valence-corrected chi connectivity index (χ4v) is 2.32. The molecule has 0 fully saturated rings. The summed E-state index contributed by atoms with van der Waals surface area (Å²) >= 11 is 6.19. The number of methoxy groups -OCH3 is 1. The van der Waals surface area contributed by atoms with Gasteiger partial charge in [-0.15, -0.1) is 0 Å². The maximum Gasteiger partial charge on any atom is 0.251 e. The lowest BCUT2D eigenvalue weighted by Gasteiger charge is -2.14. The standard InChI is InChI=1S/C15H19ClN2O3/c1-9(2)10-7-13(19)18(3)11-8-12(21-6-5-20-4)15(16)17-14(10)11/h7-9H,5-6H2,1-4H3. The van der Waals surface area contributed by atoms with Crippen molar-refractivity contribution < 1.29 is 9.47 Å². The second kappa shape index (κ2) is 6.45. The molecule has 0 amide bonds. The Morgan fingerprint density at radius 3 is 2.67 bits per heavy atom. The second-order valence-corrected chi connectivity index (χ2v) is 5.50. The van der Waals surface area contributed by atoms with E-state index in [-0.39, 0.29) is 11.5 Å². The third-order valence-corrected chi connectivity index (χ3v) is 3.61. The highest BCUT2D eigenvalue weighted by Crippen LogP contribution is 2.30. The molecule has 21 heavy (non-hydrogen) atoms. The monoisotopic (exact) mass is 310 g/mol. The molecule has 5 nitrogen and oxygen atoms in total. The number of pyridine rings is 2. The number of aromatic nitrogens is 2. The molecular weight excluding hydrogens is 292 g/mol. The van der Waals surface area contributed by atoms with Gasteiger partial charge in [-0.1, -0.05) is 25.4 Å². The summed E-state index contributed by atoms with van der Waals surface area (Å²) in [6.07, 6.45) is 0. The van der Waals surface area contributed by atoms with E-state index in [2.05, 4.69) is 4.98 Å². The summed E-state index contributed by atoms with van der Waals surface area (Å²) in [5.74, 6) is 0.641. The quantitative estimate of drug-likeness (QED) is 0.629. The maximum atomic E-state index is 12.1. The molecule has 114 valence electrons. The molecule has 2 heterocycles. The molecular formula is C15H19ClN2O3. The summed E-state index contributed by atoms with van der Waals surface area (Å²) in [5, 5.41) is 0.291. The minimum absolute atomic E-state index is 0.0711. The van der Waals surface area contributed by atoms with E-state index in [4.69, 9.17) is 21.1 Å². The van der Waals surface area contributed by atoms with Crippen LogP contribution in [0.5, 0.6) is 5.75 Å². The molecule has 0 saturated heterocycles. The van der Waals surface area contributed by atoms with E-state index in [0.29, 0.717) is 29.6 Å². The van der Waals surface area contributed by atoms with E-state index in [9.17, 15) is 4.79 Å². The van der Waals surface area contributed by atoms with Crippen LogP contribution in [0.3, 0.4) is 0 Å². The average molecular weight is 311 g/mol. The zero-order valence-corrected chi connectivity index (χ0v) is 13.4. The fourth-order valence-electron chi connectivity index (χ4n) is 2.12. The number of hydrogen-bond donors (Lipinski definition) is 0. The molecule has 0 unspecified atom stereocenters. The lowest BCUT2D eigenvalue weighted by atomic mass is 10.0. The molecule has 2 aromatic heterocycles. The van der Waals surface area contributed by atoms with Crippen LogP contribution < -0.4 is 10.3 Å². The van der Waals surface area contributed by atoms with Crippen molar-refractivity contribution in [1.29, 1.82) is 0 Å². The molecule has 0 spiro atoms. The van der Waals surface area contributed by atoms with Gasteiger partial charge in [-0.05, 0) is 11.5 Å².